The van der Waals surface area contributed by atoms with Crippen LogP contribution in [0.3, 0.4) is 0 Å². The second kappa shape index (κ2) is 10.2. The highest BCUT2D eigenvalue weighted by atomic mass is 32.2. The minimum absolute atomic E-state index is 0.0258. The highest BCUT2D eigenvalue weighted by molar-refractivity contribution is 8.26. The Morgan fingerprint density at radius 2 is 1.82 bits per heavy atom. The van der Waals surface area contributed by atoms with Crippen LogP contribution in [0.4, 0.5) is 4.39 Å². The van der Waals surface area contributed by atoms with E-state index in [0.717, 1.165) is 31.2 Å². The van der Waals surface area contributed by atoms with E-state index in [-0.39, 0.29) is 36.6 Å². The zero-order chi connectivity index (χ0) is 19.9. The topological polar surface area (TPSA) is 49.4 Å². The molecule has 1 heterocycles. The van der Waals surface area contributed by atoms with Gasteiger partial charge in [-0.05, 0) is 36.6 Å². The normalized spacial score (nSPS) is 20.3. The molecule has 1 aromatic carbocycles. The molecule has 7 heteroatoms. The fourth-order valence-corrected chi connectivity index (χ4v) is 4.83. The summed E-state index contributed by atoms with van der Waals surface area (Å²) in [6, 6.07) is 6.19. The van der Waals surface area contributed by atoms with Crippen molar-refractivity contribution in [1.29, 1.82) is 0 Å². The van der Waals surface area contributed by atoms with Crippen LogP contribution in [-0.2, 0) is 9.59 Å². The number of nitrogens with one attached hydrogen (secondary N) is 1. The molecule has 0 bridgehead atoms. The molecular weight excluding hydrogens is 395 g/mol. The third-order valence-corrected chi connectivity index (χ3v) is 6.45. The van der Waals surface area contributed by atoms with Crippen LogP contribution in [-0.4, -0.2) is 33.6 Å². The standard InChI is InChI=1S/C21H25FN2O2S2/c22-16-10-8-15(9-11-16)14-18-20(26)24(21(27)28-18)13-12-19(25)23-17-6-4-2-1-3-5-7-17/h8-11,14,17H,1-7,12-13H2,(H,23,25)/b18-14-. The summed E-state index contributed by atoms with van der Waals surface area (Å²) in [7, 11) is 0. The van der Waals surface area contributed by atoms with Crippen LogP contribution in [0.25, 0.3) is 6.08 Å². The molecule has 1 aliphatic carbocycles. The summed E-state index contributed by atoms with van der Waals surface area (Å²) in [5.41, 5.74) is 0.740. The van der Waals surface area contributed by atoms with Gasteiger partial charge in [0.05, 0.1) is 4.91 Å². The number of hydrogen-bond acceptors (Lipinski definition) is 4. The van der Waals surface area contributed by atoms with Gasteiger partial charge in [-0.1, -0.05) is 68.2 Å². The lowest BCUT2D eigenvalue weighted by atomic mass is 9.96. The van der Waals surface area contributed by atoms with Gasteiger partial charge >= 0.3 is 0 Å². The highest BCUT2D eigenvalue weighted by Gasteiger charge is 2.32. The number of benzene rings is 1. The largest absolute Gasteiger partial charge is 0.353 e. The van der Waals surface area contributed by atoms with Crippen LogP contribution in [0.1, 0.15) is 56.9 Å². The third-order valence-electron chi connectivity index (χ3n) is 5.07. The van der Waals surface area contributed by atoms with E-state index < -0.39 is 0 Å². The van der Waals surface area contributed by atoms with Crippen LogP contribution in [0.5, 0.6) is 0 Å². The summed E-state index contributed by atoms with van der Waals surface area (Å²) in [5, 5.41) is 3.12. The van der Waals surface area contributed by atoms with Gasteiger partial charge in [-0.3, -0.25) is 14.5 Å². The Labute approximate surface area is 174 Å². The van der Waals surface area contributed by atoms with Crippen LogP contribution in [0.2, 0.25) is 0 Å². The number of carbonyl (C=O) groups excluding carboxylic acids is 2. The lowest BCUT2D eigenvalue weighted by molar-refractivity contribution is -0.124. The third kappa shape index (κ3) is 5.88. The van der Waals surface area contributed by atoms with Crippen molar-refractivity contribution in [1.82, 2.24) is 10.2 Å². The summed E-state index contributed by atoms with van der Waals surface area (Å²) in [4.78, 5) is 26.9. The molecular formula is C21H25FN2O2S2. The Bertz CT molecular complexity index is 756. The van der Waals surface area contributed by atoms with E-state index >= 15 is 0 Å². The number of thiocarbonyl (C=S) groups is 1. The first-order valence-electron chi connectivity index (χ1n) is 9.83. The quantitative estimate of drug-likeness (QED) is 0.557. The van der Waals surface area contributed by atoms with Crippen LogP contribution in [0.15, 0.2) is 29.2 Å². The van der Waals surface area contributed by atoms with Crippen molar-refractivity contribution in [3.05, 3.63) is 40.6 Å². The molecule has 1 aliphatic heterocycles. The number of halogens is 1. The van der Waals surface area contributed by atoms with E-state index in [2.05, 4.69) is 5.32 Å². The van der Waals surface area contributed by atoms with Crippen molar-refractivity contribution in [3.8, 4) is 0 Å². The van der Waals surface area contributed by atoms with Gasteiger partial charge in [0.25, 0.3) is 5.91 Å². The molecule has 0 atom stereocenters. The van der Waals surface area contributed by atoms with Gasteiger partial charge in [0.15, 0.2) is 0 Å². The molecule has 28 heavy (non-hydrogen) atoms. The second-order valence-electron chi connectivity index (χ2n) is 7.24. The summed E-state index contributed by atoms with van der Waals surface area (Å²) >= 11 is 6.53. The molecule has 1 aromatic rings. The number of thioether (sulfide) groups is 1. The number of carbonyl (C=O) groups is 2. The molecule has 4 nitrogen and oxygen atoms in total. The van der Waals surface area contributed by atoms with Crippen molar-refractivity contribution in [3.63, 3.8) is 0 Å². The Morgan fingerprint density at radius 1 is 1.18 bits per heavy atom. The van der Waals surface area contributed by atoms with E-state index in [1.807, 2.05) is 0 Å². The molecule has 1 saturated carbocycles. The van der Waals surface area contributed by atoms with E-state index in [1.165, 1.54) is 48.1 Å². The summed E-state index contributed by atoms with van der Waals surface area (Å²) in [5.74, 6) is -0.541. The van der Waals surface area contributed by atoms with E-state index in [1.54, 1.807) is 18.2 Å². The lowest BCUT2D eigenvalue weighted by Gasteiger charge is -2.21. The molecule has 1 N–H and O–H groups in total. The smallest absolute Gasteiger partial charge is 0.266 e. The van der Waals surface area contributed by atoms with Gasteiger partial charge in [-0.2, -0.15) is 0 Å². The van der Waals surface area contributed by atoms with Crippen molar-refractivity contribution >= 4 is 46.2 Å². The highest BCUT2D eigenvalue weighted by Crippen LogP contribution is 2.32. The van der Waals surface area contributed by atoms with Crippen LogP contribution in [0, 0.1) is 5.82 Å². The fraction of sp³-hybridized carbons (Fsp3) is 0.476. The number of amides is 2. The van der Waals surface area contributed by atoms with Crippen molar-refractivity contribution in [2.45, 2.75) is 57.4 Å². The molecule has 150 valence electrons. The zero-order valence-corrected chi connectivity index (χ0v) is 17.4. The van der Waals surface area contributed by atoms with Crippen LogP contribution >= 0.6 is 24.0 Å². The van der Waals surface area contributed by atoms with Gasteiger partial charge < -0.3 is 5.32 Å². The van der Waals surface area contributed by atoms with Gasteiger partial charge in [-0.15, -0.1) is 0 Å². The summed E-state index contributed by atoms with van der Waals surface area (Å²) < 4.78 is 13.5. The van der Waals surface area contributed by atoms with Crippen molar-refractivity contribution in [2.24, 2.45) is 0 Å². The zero-order valence-electron chi connectivity index (χ0n) is 15.8. The summed E-state index contributed by atoms with van der Waals surface area (Å²) in [6.45, 7) is 0.282. The molecule has 2 amide bonds. The SMILES string of the molecule is O=C(CCN1C(=O)/C(=C/c2ccc(F)cc2)SC1=S)NC1CCCCCCC1. The van der Waals surface area contributed by atoms with E-state index in [9.17, 15) is 14.0 Å². The van der Waals surface area contributed by atoms with E-state index in [0.29, 0.717) is 9.23 Å². The minimum atomic E-state index is -0.319. The Kier molecular flexibility index (Phi) is 7.62. The molecule has 2 aliphatic rings. The Hall–Kier alpha value is -1.73. The Morgan fingerprint density at radius 3 is 2.50 bits per heavy atom. The molecule has 2 fully saturated rings. The molecule has 0 unspecified atom stereocenters. The first-order valence-corrected chi connectivity index (χ1v) is 11.1. The second-order valence-corrected chi connectivity index (χ2v) is 8.92. The maximum atomic E-state index is 13.0. The first kappa shape index (κ1) is 21.0. The first-order chi connectivity index (χ1) is 13.5. The van der Waals surface area contributed by atoms with Crippen molar-refractivity contribution < 1.29 is 14.0 Å². The minimum Gasteiger partial charge on any atom is -0.353 e. The van der Waals surface area contributed by atoms with Crippen molar-refractivity contribution in [2.75, 3.05) is 6.54 Å². The molecule has 0 spiro atoms. The average molecular weight is 421 g/mol. The number of nitrogens with zero attached hydrogens (tertiary/aromatic N) is 1. The van der Waals surface area contributed by atoms with Gasteiger partial charge in [0.1, 0.15) is 10.1 Å². The fourth-order valence-electron chi connectivity index (χ4n) is 3.52. The maximum absolute atomic E-state index is 13.0. The molecule has 3 rings (SSSR count). The molecule has 0 aromatic heterocycles. The Balaban J connectivity index is 1.52. The predicted molar refractivity (Wildman–Crippen MR) is 115 cm³/mol. The van der Waals surface area contributed by atoms with Gasteiger partial charge in [0.2, 0.25) is 5.91 Å². The number of hydrogen-bond donors (Lipinski definition) is 1. The monoisotopic (exact) mass is 420 g/mol. The van der Waals surface area contributed by atoms with Gasteiger partial charge in [-0.25, -0.2) is 4.39 Å². The summed E-state index contributed by atoms with van der Waals surface area (Å²) in [6.07, 6.45) is 10.1. The molecule has 1 saturated heterocycles. The van der Waals surface area contributed by atoms with Crippen LogP contribution < -0.4 is 5.32 Å². The van der Waals surface area contributed by atoms with Gasteiger partial charge in [0, 0.05) is 19.0 Å². The van der Waals surface area contributed by atoms with E-state index in [4.69, 9.17) is 12.2 Å². The predicted octanol–water partition coefficient (Wildman–Crippen LogP) is 4.65. The average Bonchev–Trinajstić information content (AvgIpc) is 2.90. The lowest BCUT2D eigenvalue weighted by Crippen LogP contribution is -2.38. The molecule has 0 radical (unpaired) electrons. The maximum Gasteiger partial charge on any atom is 0.266 e. The number of rotatable bonds is 5.